The van der Waals surface area contributed by atoms with Crippen molar-refractivity contribution in [3.8, 4) is 0 Å². The number of amides is 2. The maximum atomic E-state index is 13.5. The van der Waals surface area contributed by atoms with Crippen LogP contribution in [0.5, 0.6) is 0 Å². The summed E-state index contributed by atoms with van der Waals surface area (Å²) in [4.78, 5) is 29.4. The lowest BCUT2D eigenvalue weighted by atomic mass is 9.73. The number of piperidine rings is 1. The van der Waals surface area contributed by atoms with Crippen LogP contribution in [0.15, 0.2) is 24.3 Å². The van der Waals surface area contributed by atoms with Crippen LogP contribution in [0.1, 0.15) is 51.7 Å². The molecule has 0 N–H and O–H groups in total. The van der Waals surface area contributed by atoms with E-state index in [0.29, 0.717) is 32.5 Å². The number of likely N-dealkylation sites (tertiary alicyclic amines) is 1. The molecule has 26 heavy (non-hydrogen) atoms. The van der Waals surface area contributed by atoms with Crippen molar-refractivity contribution in [2.45, 2.75) is 65.6 Å². The first kappa shape index (κ1) is 18.7. The molecule has 2 aliphatic rings. The number of hydrogen-bond donors (Lipinski definition) is 0. The minimum absolute atomic E-state index is 0.124. The summed E-state index contributed by atoms with van der Waals surface area (Å²) in [5.74, 6) is 0.237. The molecule has 5 nitrogen and oxygen atoms in total. The van der Waals surface area contributed by atoms with Crippen molar-refractivity contribution in [3.63, 3.8) is 0 Å². The zero-order valence-corrected chi connectivity index (χ0v) is 16.3. The first-order valence-electron chi connectivity index (χ1n) is 9.66. The summed E-state index contributed by atoms with van der Waals surface area (Å²) in [7, 11) is 0. The van der Waals surface area contributed by atoms with E-state index in [4.69, 9.17) is 4.74 Å². The Hall–Kier alpha value is -2.04. The first-order valence-corrected chi connectivity index (χ1v) is 9.66. The lowest BCUT2D eigenvalue weighted by molar-refractivity contribution is -0.147. The summed E-state index contributed by atoms with van der Waals surface area (Å²) in [6.45, 7) is 9.69. The van der Waals surface area contributed by atoms with Gasteiger partial charge in [-0.25, -0.2) is 4.79 Å². The summed E-state index contributed by atoms with van der Waals surface area (Å²) < 4.78 is 5.32. The number of nitrogens with zero attached hydrogens (tertiary/aromatic N) is 2. The molecule has 2 amide bonds. The average molecular weight is 358 g/mol. The molecule has 3 rings (SSSR count). The van der Waals surface area contributed by atoms with Crippen molar-refractivity contribution < 1.29 is 14.3 Å². The highest BCUT2D eigenvalue weighted by Gasteiger charge is 2.47. The monoisotopic (exact) mass is 358 g/mol. The van der Waals surface area contributed by atoms with Crippen molar-refractivity contribution in [2.75, 3.05) is 13.1 Å². The predicted molar refractivity (Wildman–Crippen MR) is 101 cm³/mol. The minimum atomic E-state index is -0.411. The number of carbonyl (C=O) groups is 2. The highest BCUT2D eigenvalue weighted by molar-refractivity contribution is 5.84. The van der Waals surface area contributed by atoms with Gasteiger partial charge in [-0.05, 0) is 58.1 Å². The number of carbonyl (C=O) groups excluding carboxylic acids is 2. The molecule has 0 atom stereocenters. The summed E-state index contributed by atoms with van der Waals surface area (Å²) in [6, 6.07) is 8.54. The van der Waals surface area contributed by atoms with E-state index in [1.54, 1.807) is 4.90 Å². The van der Waals surface area contributed by atoms with Crippen LogP contribution in [-0.4, -0.2) is 47.0 Å². The Bertz CT molecular complexity index is 676. The second-order valence-corrected chi connectivity index (χ2v) is 8.17. The molecule has 1 spiro atoms. The number of ether oxygens (including phenoxy) is 1. The van der Waals surface area contributed by atoms with Gasteiger partial charge in [0.25, 0.3) is 0 Å². The van der Waals surface area contributed by atoms with Gasteiger partial charge in [0, 0.05) is 25.7 Å². The second kappa shape index (κ2) is 7.29. The molecule has 0 aromatic heterocycles. The molecule has 2 heterocycles. The maximum absolute atomic E-state index is 13.5. The van der Waals surface area contributed by atoms with Crippen LogP contribution in [0.25, 0.3) is 0 Å². The molecule has 1 saturated heterocycles. The quantitative estimate of drug-likeness (QED) is 0.811. The molecule has 0 aliphatic carbocycles. The fourth-order valence-electron chi connectivity index (χ4n) is 4.09. The van der Waals surface area contributed by atoms with Gasteiger partial charge in [0.1, 0.15) is 0 Å². The minimum Gasteiger partial charge on any atom is -0.447 e. The Labute approximate surface area is 156 Å². The predicted octanol–water partition coefficient (Wildman–Crippen LogP) is 3.61. The van der Waals surface area contributed by atoms with E-state index < -0.39 is 5.41 Å². The summed E-state index contributed by atoms with van der Waals surface area (Å²) in [6.07, 6.45) is 1.75. The zero-order chi connectivity index (χ0) is 18.9. The molecule has 1 fully saturated rings. The largest absolute Gasteiger partial charge is 0.447 e. The molecule has 0 radical (unpaired) electrons. The number of rotatable bonds is 2. The summed E-state index contributed by atoms with van der Waals surface area (Å²) >= 11 is 0. The number of hydrogen-bond acceptors (Lipinski definition) is 3. The third kappa shape index (κ3) is 3.57. The van der Waals surface area contributed by atoms with Gasteiger partial charge in [0.15, 0.2) is 0 Å². The summed E-state index contributed by atoms with van der Waals surface area (Å²) in [5.41, 5.74) is 2.10. The smallest absolute Gasteiger partial charge is 0.410 e. The van der Waals surface area contributed by atoms with Gasteiger partial charge >= 0.3 is 6.09 Å². The van der Waals surface area contributed by atoms with Crippen molar-refractivity contribution in [3.05, 3.63) is 35.4 Å². The Morgan fingerprint density at radius 1 is 1.08 bits per heavy atom. The van der Waals surface area contributed by atoms with Gasteiger partial charge in [-0.3, -0.25) is 4.79 Å². The lowest BCUT2D eigenvalue weighted by Gasteiger charge is -2.42. The van der Waals surface area contributed by atoms with E-state index >= 15 is 0 Å². The van der Waals surface area contributed by atoms with E-state index in [9.17, 15) is 9.59 Å². The first-order chi connectivity index (χ1) is 12.3. The maximum Gasteiger partial charge on any atom is 0.410 e. The van der Waals surface area contributed by atoms with E-state index in [-0.39, 0.29) is 24.1 Å². The van der Waals surface area contributed by atoms with Crippen LogP contribution >= 0.6 is 0 Å². The molecular weight excluding hydrogens is 328 g/mol. The second-order valence-electron chi connectivity index (χ2n) is 8.17. The Kier molecular flexibility index (Phi) is 5.26. The van der Waals surface area contributed by atoms with Crippen molar-refractivity contribution in [1.29, 1.82) is 0 Å². The van der Waals surface area contributed by atoms with Crippen molar-refractivity contribution in [2.24, 2.45) is 5.41 Å². The van der Waals surface area contributed by atoms with Crippen LogP contribution in [0, 0.1) is 5.41 Å². The highest BCUT2D eigenvalue weighted by Crippen LogP contribution is 2.41. The standard InChI is InChI=1S/C21H30N2O3/c1-15(2)23-14-18-8-6-5-7-17(18)13-21(19(23)24)9-11-22(12-10-21)20(25)26-16(3)4/h5-8,15-16H,9-14H2,1-4H3. The van der Waals surface area contributed by atoms with Gasteiger partial charge in [-0.15, -0.1) is 0 Å². The SMILES string of the molecule is CC(C)OC(=O)N1CCC2(CC1)Cc1ccccc1CN(C(C)C)C2=O. The Morgan fingerprint density at radius 3 is 2.27 bits per heavy atom. The Morgan fingerprint density at radius 2 is 1.69 bits per heavy atom. The number of fused-ring (bicyclic) bond motifs is 1. The molecule has 142 valence electrons. The summed E-state index contributed by atoms with van der Waals surface area (Å²) in [5, 5.41) is 0. The van der Waals surface area contributed by atoms with Crippen molar-refractivity contribution in [1.82, 2.24) is 9.80 Å². The topological polar surface area (TPSA) is 49.9 Å². The molecule has 1 aromatic rings. The fourth-order valence-corrected chi connectivity index (χ4v) is 4.09. The molecule has 2 aliphatic heterocycles. The van der Waals surface area contributed by atoms with Gasteiger partial charge in [0.05, 0.1) is 11.5 Å². The van der Waals surface area contributed by atoms with E-state index in [1.165, 1.54) is 11.1 Å². The van der Waals surface area contributed by atoms with Gasteiger partial charge in [-0.1, -0.05) is 24.3 Å². The molecular formula is C21H30N2O3. The van der Waals surface area contributed by atoms with Crippen LogP contribution in [0.2, 0.25) is 0 Å². The average Bonchev–Trinajstić information content (AvgIpc) is 2.71. The fraction of sp³-hybridized carbons (Fsp3) is 0.619. The normalized spacial score (nSPS) is 19.7. The van der Waals surface area contributed by atoms with Crippen LogP contribution < -0.4 is 0 Å². The molecule has 0 bridgehead atoms. The van der Waals surface area contributed by atoms with Crippen LogP contribution in [0.3, 0.4) is 0 Å². The zero-order valence-electron chi connectivity index (χ0n) is 16.3. The lowest BCUT2D eigenvalue weighted by Crippen LogP contribution is -2.52. The third-order valence-electron chi connectivity index (χ3n) is 5.64. The molecule has 0 unspecified atom stereocenters. The van der Waals surface area contributed by atoms with Crippen LogP contribution in [-0.2, 0) is 22.5 Å². The van der Waals surface area contributed by atoms with E-state index in [2.05, 4.69) is 32.0 Å². The van der Waals surface area contributed by atoms with Crippen LogP contribution in [0.4, 0.5) is 4.79 Å². The molecule has 5 heteroatoms. The number of benzene rings is 1. The van der Waals surface area contributed by atoms with E-state index in [1.807, 2.05) is 24.8 Å². The highest BCUT2D eigenvalue weighted by atomic mass is 16.6. The third-order valence-corrected chi connectivity index (χ3v) is 5.64. The van der Waals surface area contributed by atoms with Gasteiger partial charge in [0.2, 0.25) is 5.91 Å². The van der Waals surface area contributed by atoms with E-state index in [0.717, 1.165) is 6.42 Å². The van der Waals surface area contributed by atoms with Gasteiger partial charge < -0.3 is 14.5 Å². The van der Waals surface area contributed by atoms with Gasteiger partial charge in [-0.2, -0.15) is 0 Å². The molecule has 0 saturated carbocycles. The Balaban J connectivity index is 1.84. The van der Waals surface area contributed by atoms with Crippen molar-refractivity contribution >= 4 is 12.0 Å². The molecule has 1 aromatic carbocycles.